The van der Waals surface area contributed by atoms with Crippen LogP contribution in [0.2, 0.25) is 0 Å². The van der Waals surface area contributed by atoms with Crippen molar-refractivity contribution in [3.05, 3.63) is 15.7 Å². The molecule has 0 saturated carbocycles. The van der Waals surface area contributed by atoms with Crippen LogP contribution < -0.4 is 5.73 Å². The van der Waals surface area contributed by atoms with Gasteiger partial charge in [-0.05, 0) is 0 Å². The van der Waals surface area contributed by atoms with E-state index in [0.29, 0.717) is 4.44 Å². The van der Waals surface area contributed by atoms with Gasteiger partial charge in [-0.3, -0.25) is 0 Å². The number of nitrogens with two attached hydrogens (primary N) is 1. The second-order valence-electron chi connectivity index (χ2n) is 1.23. The fraction of sp³-hybridized carbons (Fsp3) is 0. The topological polar surface area (TPSA) is 56.0 Å². The summed E-state index contributed by atoms with van der Waals surface area (Å²) in [6, 6.07) is 0. The van der Waals surface area contributed by atoms with Crippen molar-refractivity contribution in [2.45, 2.75) is 0 Å². The Labute approximate surface area is 52.3 Å². The molecule has 0 aliphatic rings. The summed E-state index contributed by atoms with van der Waals surface area (Å²) >= 11 is 0.103. The van der Waals surface area contributed by atoms with Crippen LogP contribution in [0.1, 0.15) is 9.23 Å². The SMILES string of the molecule is NC(=O)c1cnc[se]1. The van der Waals surface area contributed by atoms with Crippen LogP contribution in [-0.4, -0.2) is 25.4 Å². The first-order valence-corrected chi connectivity index (χ1v) is 3.83. The predicted molar refractivity (Wildman–Crippen MR) is 29.7 cm³/mol. The van der Waals surface area contributed by atoms with Gasteiger partial charge in [0.1, 0.15) is 0 Å². The van der Waals surface area contributed by atoms with E-state index < -0.39 is 0 Å². The maximum atomic E-state index is 10.3. The number of hydrogen-bond donors (Lipinski definition) is 1. The molecule has 0 aromatic carbocycles. The minimum atomic E-state index is -0.345. The predicted octanol–water partition coefficient (Wildman–Crippen LogP) is -0.763. The molecule has 1 aromatic rings. The number of primary amides is 1. The molecule has 3 nitrogen and oxygen atoms in total. The fourth-order valence-corrected chi connectivity index (χ4v) is 1.33. The Morgan fingerprint density at radius 2 is 2.62 bits per heavy atom. The molecule has 0 unspecified atom stereocenters. The zero-order valence-electron chi connectivity index (χ0n) is 4.00. The number of amides is 1. The molecule has 1 amide bonds. The van der Waals surface area contributed by atoms with Crippen molar-refractivity contribution in [3.63, 3.8) is 0 Å². The molecular weight excluding hydrogens is 171 g/mol. The molecule has 1 aromatic heterocycles. The van der Waals surface area contributed by atoms with Gasteiger partial charge in [0.25, 0.3) is 0 Å². The maximum absolute atomic E-state index is 10.3. The Kier molecular flexibility index (Phi) is 1.46. The summed E-state index contributed by atoms with van der Waals surface area (Å²) in [6.07, 6.45) is 1.52. The van der Waals surface area contributed by atoms with Crippen LogP contribution in [0.25, 0.3) is 0 Å². The van der Waals surface area contributed by atoms with E-state index in [-0.39, 0.29) is 20.4 Å². The van der Waals surface area contributed by atoms with Gasteiger partial charge < -0.3 is 0 Å². The number of nitrogens with zero attached hydrogens (tertiary/aromatic N) is 1. The number of aromatic nitrogens is 1. The molecule has 0 bridgehead atoms. The van der Waals surface area contributed by atoms with Crippen molar-refractivity contribution in [1.82, 2.24) is 4.98 Å². The Balaban J connectivity index is 2.93. The van der Waals surface area contributed by atoms with Gasteiger partial charge in [0.2, 0.25) is 0 Å². The third kappa shape index (κ3) is 0.966. The van der Waals surface area contributed by atoms with Gasteiger partial charge in [-0.1, -0.05) is 0 Å². The normalized spacial score (nSPS) is 9.00. The van der Waals surface area contributed by atoms with E-state index in [4.69, 9.17) is 5.73 Å². The van der Waals surface area contributed by atoms with E-state index in [1.807, 2.05) is 0 Å². The Hall–Kier alpha value is -0.601. The van der Waals surface area contributed by atoms with Crippen LogP contribution in [0.4, 0.5) is 0 Å². The molecule has 8 heavy (non-hydrogen) atoms. The van der Waals surface area contributed by atoms with Crippen molar-refractivity contribution in [1.29, 1.82) is 0 Å². The second kappa shape index (κ2) is 2.11. The summed E-state index contributed by atoms with van der Waals surface area (Å²) < 4.78 is 0.650. The summed E-state index contributed by atoms with van der Waals surface area (Å²) in [6.45, 7) is 0. The Morgan fingerprint density at radius 1 is 1.88 bits per heavy atom. The Morgan fingerprint density at radius 3 is 2.88 bits per heavy atom. The zero-order chi connectivity index (χ0) is 5.98. The molecule has 4 heteroatoms. The van der Waals surface area contributed by atoms with Gasteiger partial charge in [0.15, 0.2) is 0 Å². The van der Waals surface area contributed by atoms with Gasteiger partial charge >= 0.3 is 51.6 Å². The average Bonchev–Trinajstić information content (AvgIpc) is 2.12. The van der Waals surface area contributed by atoms with Crippen molar-refractivity contribution in [2.24, 2.45) is 5.73 Å². The van der Waals surface area contributed by atoms with Crippen molar-refractivity contribution < 1.29 is 4.79 Å². The van der Waals surface area contributed by atoms with Crippen molar-refractivity contribution in [3.8, 4) is 0 Å². The van der Waals surface area contributed by atoms with Crippen LogP contribution >= 0.6 is 0 Å². The summed E-state index contributed by atoms with van der Waals surface area (Å²) in [7, 11) is 0. The molecule has 1 rings (SSSR count). The molecule has 0 saturated heterocycles. The molecule has 0 fully saturated rings. The van der Waals surface area contributed by atoms with E-state index in [2.05, 4.69) is 4.98 Å². The summed E-state index contributed by atoms with van der Waals surface area (Å²) in [5, 5.41) is 1.72. The first kappa shape index (κ1) is 5.53. The van der Waals surface area contributed by atoms with Gasteiger partial charge in [-0.15, -0.1) is 0 Å². The fourth-order valence-electron chi connectivity index (χ4n) is 0.337. The molecule has 42 valence electrons. The van der Waals surface area contributed by atoms with E-state index in [0.717, 1.165) is 0 Å². The van der Waals surface area contributed by atoms with E-state index in [1.165, 1.54) is 6.20 Å². The monoisotopic (exact) mass is 176 g/mol. The molecular formula is C4H4N2OSe. The first-order chi connectivity index (χ1) is 3.80. The van der Waals surface area contributed by atoms with E-state index in [9.17, 15) is 4.79 Å². The number of hydrogen-bond acceptors (Lipinski definition) is 2. The molecule has 0 spiro atoms. The average molecular weight is 175 g/mol. The van der Waals surface area contributed by atoms with Gasteiger partial charge in [0, 0.05) is 0 Å². The molecule has 0 atom stereocenters. The van der Waals surface area contributed by atoms with Crippen LogP contribution in [0.5, 0.6) is 0 Å². The summed E-state index contributed by atoms with van der Waals surface area (Å²) in [5.41, 5.74) is 4.93. The third-order valence-electron chi connectivity index (χ3n) is 0.675. The van der Waals surface area contributed by atoms with Gasteiger partial charge in [-0.2, -0.15) is 0 Å². The molecule has 0 radical (unpaired) electrons. The van der Waals surface area contributed by atoms with Crippen LogP contribution in [0.3, 0.4) is 0 Å². The van der Waals surface area contributed by atoms with Gasteiger partial charge in [0.05, 0.1) is 0 Å². The summed E-state index contributed by atoms with van der Waals surface area (Å²) in [4.78, 5) is 14.0. The number of carbonyl (C=O) groups is 1. The van der Waals surface area contributed by atoms with Crippen molar-refractivity contribution in [2.75, 3.05) is 0 Å². The van der Waals surface area contributed by atoms with E-state index in [1.54, 1.807) is 5.07 Å². The van der Waals surface area contributed by atoms with Crippen LogP contribution in [0, 0.1) is 0 Å². The number of carbonyl (C=O) groups excluding carboxylic acids is 1. The first-order valence-electron chi connectivity index (χ1n) is 1.99. The van der Waals surface area contributed by atoms with E-state index >= 15 is 0 Å². The second-order valence-corrected chi connectivity index (χ2v) is 3.09. The van der Waals surface area contributed by atoms with Gasteiger partial charge in [-0.25, -0.2) is 0 Å². The summed E-state index contributed by atoms with van der Waals surface area (Å²) in [5.74, 6) is -0.345. The minimum absolute atomic E-state index is 0.103. The zero-order valence-corrected chi connectivity index (χ0v) is 5.71. The molecule has 0 aliphatic carbocycles. The van der Waals surface area contributed by atoms with Crippen molar-refractivity contribution >= 4 is 20.4 Å². The Bertz CT molecular complexity index is 182. The number of rotatable bonds is 1. The quantitative estimate of drug-likeness (QED) is 0.570. The molecule has 1 heterocycles. The standard InChI is InChI=1S/C4H4N2OSe/c5-4(7)3-1-6-2-8-3/h1-2H,(H2,5,7). The molecule has 0 aliphatic heterocycles. The molecule has 2 N–H and O–H groups in total. The van der Waals surface area contributed by atoms with Crippen LogP contribution in [0.15, 0.2) is 11.3 Å². The third-order valence-corrected chi connectivity index (χ3v) is 2.33. The van der Waals surface area contributed by atoms with Crippen LogP contribution in [-0.2, 0) is 0 Å².